The molecule has 2 rings (SSSR count). The maximum absolute atomic E-state index is 13.2. The van der Waals surface area contributed by atoms with Gasteiger partial charge in [0.2, 0.25) is 5.83 Å². The third kappa shape index (κ3) is 9.02. The zero-order valence-corrected chi connectivity index (χ0v) is 20.5. The number of benzene rings is 1. The van der Waals surface area contributed by atoms with Crippen molar-refractivity contribution < 1.29 is 19.0 Å². The molecule has 1 heterocycles. The summed E-state index contributed by atoms with van der Waals surface area (Å²) in [7, 11) is 0. The number of thioether (sulfide) groups is 1. The number of anilines is 1. The van der Waals surface area contributed by atoms with Crippen molar-refractivity contribution in [2.45, 2.75) is 63.7 Å². The predicted octanol–water partition coefficient (Wildman–Crippen LogP) is 6.86. The molecule has 0 fully saturated rings. The Hall–Kier alpha value is -1.64. The Morgan fingerprint density at radius 3 is 2.50 bits per heavy atom. The van der Waals surface area contributed by atoms with Crippen LogP contribution >= 0.6 is 23.7 Å². The number of hydrogen-bond donors (Lipinski definition) is 2. The molecule has 0 unspecified atom stereocenters. The zero-order chi connectivity index (χ0) is 23.1. The van der Waals surface area contributed by atoms with Crippen molar-refractivity contribution in [3.8, 4) is 5.75 Å². The SMILES string of the molecule is C=C(CC)N1CCNSc2cc(O/C=C(\F)C(=O)O)c(SC)cc21.CC.CCCC. The fourth-order valence-electron chi connectivity index (χ4n) is 2.17. The maximum Gasteiger partial charge on any atom is 0.368 e. The van der Waals surface area contributed by atoms with Crippen molar-refractivity contribution in [2.24, 2.45) is 0 Å². The van der Waals surface area contributed by atoms with Gasteiger partial charge in [-0.25, -0.2) is 4.79 Å². The van der Waals surface area contributed by atoms with Crippen molar-refractivity contribution >= 4 is 35.4 Å². The summed E-state index contributed by atoms with van der Waals surface area (Å²) in [6, 6.07) is 3.74. The predicted molar refractivity (Wildman–Crippen MR) is 128 cm³/mol. The molecule has 0 spiro atoms. The number of fused-ring (bicyclic) bond motifs is 1. The van der Waals surface area contributed by atoms with Crippen LogP contribution in [0.2, 0.25) is 0 Å². The molecule has 0 atom stereocenters. The van der Waals surface area contributed by atoms with Gasteiger partial charge in [0.1, 0.15) is 12.0 Å². The Morgan fingerprint density at radius 2 is 2.00 bits per heavy atom. The van der Waals surface area contributed by atoms with Crippen molar-refractivity contribution in [1.29, 1.82) is 0 Å². The minimum absolute atomic E-state index is 0.413. The smallest absolute Gasteiger partial charge is 0.368 e. The van der Waals surface area contributed by atoms with Gasteiger partial charge in [0.15, 0.2) is 0 Å². The summed E-state index contributed by atoms with van der Waals surface area (Å²) in [5.41, 5.74) is 2.02. The first kappa shape index (κ1) is 28.4. The number of rotatable bonds is 7. The molecule has 30 heavy (non-hydrogen) atoms. The van der Waals surface area contributed by atoms with Gasteiger partial charge in [-0.2, -0.15) is 4.39 Å². The van der Waals surface area contributed by atoms with Crippen LogP contribution in [0.4, 0.5) is 10.1 Å². The van der Waals surface area contributed by atoms with Crippen LogP contribution in [0.5, 0.6) is 5.75 Å². The molecular weight excluding hydrogens is 423 g/mol. The van der Waals surface area contributed by atoms with Gasteiger partial charge < -0.3 is 14.7 Å². The molecule has 0 saturated heterocycles. The van der Waals surface area contributed by atoms with E-state index in [0.29, 0.717) is 12.0 Å². The second-order valence-corrected chi connectivity index (χ2v) is 7.71. The molecule has 5 nitrogen and oxygen atoms in total. The van der Waals surface area contributed by atoms with Gasteiger partial charge in [0, 0.05) is 18.8 Å². The first-order valence-corrected chi connectivity index (χ1v) is 12.3. The van der Waals surface area contributed by atoms with Gasteiger partial charge in [-0.05, 0) is 36.8 Å². The highest BCUT2D eigenvalue weighted by Gasteiger charge is 2.20. The van der Waals surface area contributed by atoms with E-state index in [1.807, 2.05) is 26.2 Å². The Balaban J connectivity index is 0.00000125. The van der Waals surface area contributed by atoms with E-state index in [0.717, 1.165) is 40.7 Å². The van der Waals surface area contributed by atoms with Gasteiger partial charge in [-0.1, -0.05) is 54.0 Å². The van der Waals surface area contributed by atoms with E-state index in [2.05, 4.69) is 37.0 Å². The molecule has 0 radical (unpaired) electrons. The number of halogens is 1. The number of nitrogens with zero attached hydrogens (tertiary/aromatic N) is 1. The zero-order valence-electron chi connectivity index (χ0n) is 18.9. The third-order valence-electron chi connectivity index (χ3n) is 3.94. The van der Waals surface area contributed by atoms with Crippen LogP contribution < -0.4 is 14.4 Å². The quantitative estimate of drug-likeness (QED) is 0.200. The summed E-state index contributed by atoms with van der Waals surface area (Å²) in [4.78, 5) is 14.4. The lowest BCUT2D eigenvalue weighted by Crippen LogP contribution is -2.26. The van der Waals surface area contributed by atoms with Crippen LogP contribution in [0.25, 0.3) is 0 Å². The van der Waals surface area contributed by atoms with Gasteiger partial charge in [-0.3, -0.25) is 4.72 Å². The van der Waals surface area contributed by atoms with E-state index >= 15 is 0 Å². The summed E-state index contributed by atoms with van der Waals surface area (Å²) >= 11 is 2.91. The van der Waals surface area contributed by atoms with E-state index in [1.54, 1.807) is 6.07 Å². The van der Waals surface area contributed by atoms with Crippen molar-refractivity contribution in [3.63, 3.8) is 0 Å². The first-order valence-electron chi connectivity index (χ1n) is 10.2. The molecule has 1 aliphatic heterocycles. The minimum Gasteiger partial charge on any atom is -0.476 e. The number of nitrogens with one attached hydrogen (secondary N) is 1. The molecular formula is C22H35FN2O3S2. The Labute approximate surface area is 189 Å². The van der Waals surface area contributed by atoms with E-state index in [1.165, 1.54) is 36.6 Å². The summed E-state index contributed by atoms with van der Waals surface area (Å²) < 4.78 is 21.7. The monoisotopic (exact) mass is 458 g/mol. The van der Waals surface area contributed by atoms with Crippen LogP contribution in [0.3, 0.4) is 0 Å². The highest BCUT2D eigenvalue weighted by atomic mass is 32.2. The highest BCUT2D eigenvalue weighted by Crippen LogP contribution is 2.41. The summed E-state index contributed by atoms with van der Waals surface area (Å²) in [5.74, 6) is -2.59. The minimum atomic E-state index is -1.66. The fraction of sp³-hybridized carbons (Fsp3) is 0.500. The number of allylic oxidation sites excluding steroid dienone is 1. The Morgan fingerprint density at radius 1 is 1.37 bits per heavy atom. The van der Waals surface area contributed by atoms with Crippen molar-refractivity contribution in [3.05, 3.63) is 36.5 Å². The molecule has 0 aromatic heterocycles. The molecule has 8 heteroatoms. The Kier molecular flexibility index (Phi) is 15.2. The van der Waals surface area contributed by atoms with E-state index in [4.69, 9.17) is 9.84 Å². The van der Waals surface area contributed by atoms with Gasteiger partial charge in [0.25, 0.3) is 0 Å². The Bertz CT molecular complexity index is 710. The van der Waals surface area contributed by atoms with Crippen LogP contribution in [0.15, 0.2) is 46.3 Å². The van der Waals surface area contributed by atoms with E-state index in [9.17, 15) is 9.18 Å². The number of carboxylic acids is 1. The van der Waals surface area contributed by atoms with Gasteiger partial charge in [0.05, 0.1) is 15.5 Å². The maximum atomic E-state index is 13.2. The normalized spacial score (nSPS) is 13.0. The summed E-state index contributed by atoms with van der Waals surface area (Å²) in [6.45, 7) is 16.1. The molecule has 1 aromatic carbocycles. The van der Waals surface area contributed by atoms with E-state index in [-0.39, 0.29) is 0 Å². The van der Waals surface area contributed by atoms with Gasteiger partial charge >= 0.3 is 5.97 Å². The summed E-state index contributed by atoms with van der Waals surface area (Å²) in [6.07, 6.45) is 5.97. The lowest BCUT2D eigenvalue weighted by atomic mass is 10.2. The van der Waals surface area contributed by atoms with E-state index < -0.39 is 11.8 Å². The number of hydrogen-bond acceptors (Lipinski definition) is 6. The average Bonchev–Trinajstić information content (AvgIpc) is 2.99. The second-order valence-electron chi connectivity index (χ2n) is 5.93. The van der Waals surface area contributed by atoms with Crippen LogP contribution in [0.1, 0.15) is 53.9 Å². The molecule has 0 bridgehead atoms. The van der Waals surface area contributed by atoms with Crippen molar-refractivity contribution in [2.75, 3.05) is 24.2 Å². The molecule has 1 aliphatic rings. The molecule has 1 aromatic rings. The number of ether oxygens (including phenoxy) is 1. The average molecular weight is 459 g/mol. The second kappa shape index (κ2) is 16.1. The van der Waals surface area contributed by atoms with Crippen LogP contribution in [0, 0.1) is 0 Å². The number of carboxylic acid groups (broad SMARTS) is 1. The standard InChI is InChI=1S/C16H19FN2O3S2.C4H10.C2H6/c1-4-10(2)19-6-5-18-24-14-8-13(15(23-3)7-12(14)19)22-9-11(17)16(20)21;1-3-4-2;1-2/h7-9,18H,2,4-6H2,1,3H3,(H,20,21);3-4H2,1-2H3;1-2H3/b11-9-;;. The lowest BCUT2D eigenvalue weighted by molar-refractivity contribution is -0.134. The fourth-order valence-corrected chi connectivity index (χ4v) is 3.49. The molecule has 170 valence electrons. The lowest BCUT2D eigenvalue weighted by Gasteiger charge is -2.26. The number of carbonyl (C=O) groups is 1. The van der Waals surface area contributed by atoms with Crippen LogP contribution in [-0.4, -0.2) is 30.4 Å². The topological polar surface area (TPSA) is 61.8 Å². The third-order valence-corrected chi connectivity index (χ3v) is 5.59. The van der Waals surface area contributed by atoms with Crippen LogP contribution in [-0.2, 0) is 4.79 Å². The van der Waals surface area contributed by atoms with Gasteiger partial charge in [-0.15, -0.1) is 11.8 Å². The molecule has 0 amide bonds. The molecule has 0 saturated carbocycles. The van der Waals surface area contributed by atoms with Crippen molar-refractivity contribution in [1.82, 2.24) is 4.72 Å². The first-order chi connectivity index (χ1) is 14.4. The molecule has 0 aliphatic carbocycles. The molecule has 2 N–H and O–H groups in total. The summed E-state index contributed by atoms with van der Waals surface area (Å²) in [5, 5.41) is 8.58. The number of unbranched alkanes of at least 4 members (excludes halogenated alkanes) is 1. The number of aliphatic carboxylic acids is 1. The highest BCUT2D eigenvalue weighted by molar-refractivity contribution is 7.98. The largest absolute Gasteiger partial charge is 0.476 e.